The van der Waals surface area contributed by atoms with Crippen LogP contribution in [0.15, 0.2) is 0 Å². The van der Waals surface area contributed by atoms with Gasteiger partial charge in [0.25, 0.3) is 0 Å². The molecule has 0 aromatic rings. The number of halogens is 2. The Morgan fingerprint density at radius 1 is 1.18 bits per heavy atom. The highest BCUT2D eigenvalue weighted by Gasteiger charge is 2.29. The highest BCUT2D eigenvalue weighted by Crippen LogP contribution is 2.20. The number of hydrogen-bond acceptors (Lipinski definition) is 1. The van der Waals surface area contributed by atoms with E-state index in [1.807, 2.05) is 0 Å². The number of hydrogen-bond donors (Lipinski definition) is 1. The zero-order chi connectivity index (χ0) is 9.07. The normalized spacial score (nSPS) is 13.1. The smallest absolute Gasteiger partial charge is 0.256 e. The fourth-order valence-corrected chi connectivity index (χ4v) is 0.994. The molecule has 0 spiro atoms. The van der Waals surface area contributed by atoms with Gasteiger partial charge in [-0.2, -0.15) is 8.78 Å². The van der Waals surface area contributed by atoms with Gasteiger partial charge < -0.3 is 0 Å². The Balaban J connectivity index is 3.79. The van der Waals surface area contributed by atoms with Crippen LogP contribution in [0.2, 0.25) is 0 Å². The van der Waals surface area contributed by atoms with E-state index >= 15 is 0 Å². The molecule has 0 saturated carbocycles. The van der Waals surface area contributed by atoms with Gasteiger partial charge in [-0.3, -0.25) is 5.32 Å². The molecule has 0 unspecified atom stereocenters. The summed E-state index contributed by atoms with van der Waals surface area (Å²) in [4.78, 5) is 0. The van der Waals surface area contributed by atoms with Crippen LogP contribution in [0, 0.1) is 5.92 Å². The molecule has 0 rings (SSSR count). The topological polar surface area (TPSA) is 12.0 Å². The molecule has 0 radical (unpaired) electrons. The molecule has 0 amide bonds. The lowest BCUT2D eigenvalue weighted by molar-refractivity contribution is -0.0590. The standard InChI is InChI=1S/C8H17F2N/c1-6(2)5-8(9,10)11-7(3)4/h6-7,11H,5H2,1-4H3. The first-order valence-corrected chi connectivity index (χ1v) is 3.99. The first-order chi connectivity index (χ1) is 4.83. The highest BCUT2D eigenvalue weighted by atomic mass is 19.3. The van der Waals surface area contributed by atoms with Crippen LogP contribution in [0.4, 0.5) is 8.78 Å². The Morgan fingerprint density at radius 3 is 1.91 bits per heavy atom. The van der Waals surface area contributed by atoms with Crippen LogP contribution in [0.5, 0.6) is 0 Å². The van der Waals surface area contributed by atoms with E-state index in [1.54, 1.807) is 27.7 Å². The molecule has 0 aliphatic heterocycles. The minimum Gasteiger partial charge on any atom is -0.256 e. The van der Waals surface area contributed by atoms with Crippen molar-refractivity contribution in [1.29, 1.82) is 0 Å². The Bertz CT molecular complexity index is 98.7. The second kappa shape index (κ2) is 4.00. The predicted molar refractivity (Wildman–Crippen MR) is 42.7 cm³/mol. The van der Waals surface area contributed by atoms with Crippen LogP contribution in [0.3, 0.4) is 0 Å². The molecule has 68 valence electrons. The third-order valence-electron chi connectivity index (χ3n) is 1.16. The van der Waals surface area contributed by atoms with E-state index in [9.17, 15) is 8.78 Å². The monoisotopic (exact) mass is 165 g/mol. The quantitative estimate of drug-likeness (QED) is 0.631. The van der Waals surface area contributed by atoms with Gasteiger partial charge in [0.2, 0.25) is 0 Å². The minimum absolute atomic E-state index is 0.0243. The molecule has 0 aliphatic carbocycles. The van der Waals surface area contributed by atoms with Gasteiger partial charge in [0.05, 0.1) is 0 Å². The molecule has 0 saturated heterocycles. The van der Waals surface area contributed by atoms with E-state index in [-0.39, 0.29) is 18.4 Å². The lowest BCUT2D eigenvalue weighted by atomic mass is 10.1. The van der Waals surface area contributed by atoms with Crippen molar-refractivity contribution < 1.29 is 8.78 Å². The summed E-state index contributed by atoms with van der Waals surface area (Å²) >= 11 is 0. The second-order valence-electron chi connectivity index (χ2n) is 3.60. The molecule has 0 aromatic carbocycles. The summed E-state index contributed by atoms with van der Waals surface area (Å²) in [7, 11) is 0. The van der Waals surface area contributed by atoms with Gasteiger partial charge in [0, 0.05) is 12.5 Å². The summed E-state index contributed by atoms with van der Waals surface area (Å²) in [5.74, 6) is 0.0243. The minimum atomic E-state index is -2.71. The largest absolute Gasteiger partial charge is 0.302 e. The van der Waals surface area contributed by atoms with Gasteiger partial charge in [0.15, 0.2) is 0 Å². The van der Waals surface area contributed by atoms with Crippen LogP contribution in [0.25, 0.3) is 0 Å². The summed E-state index contributed by atoms with van der Waals surface area (Å²) in [5, 5.41) is 2.22. The van der Waals surface area contributed by atoms with Crippen molar-refractivity contribution in [3.05, 3.63) is 0 Å². The Labute approximate surface area is 67.2 Å². The molecular formula is C8H17F2N. The third-order valence-corrected chi connectivity index (χ3v) is 1.16. The molecule has 1 N–H and O–H groups in total. The van der Waals surface area contributed by atoms with Crippen molar-refractivity contribution in [2.45, 2.75) is 46.2 Å². The number of nitrogens with one attached hydrogen (secondary N) is 1. The Hall–Kier alpha value is -0.180. The molecule has 0 heterocycles. The SMILES string of the molecule is CC(C)CC(F)(F)NC(C)C. The Morgan fingerprint density at radius 2 is 1.64 bits per heavy atom. The van der Waals surface area contributed by atoms with Crippen molar-refractivity contribution in [3.8, 4) is 0 Å². The molecule has 0 aliphatic rings. The van der Waals surface area contributed by atoms with Crippen molar-refractivity contribution in [2.75, 3.05) is 0 Å². The first kappa shape index (κ1) is 10.8. The number of alkyl halides is 2. The molecule has 0 atom stereocenters. The van der Waals surface area contributed by atoms with Crippen molar-refractivity contribution in [2.24, 2.45) is 5.92 Å². The van der Waals surface area contributed by atoms with Gasteiger partial charge in [-0.25, -0.2) is 0 Å². The summed E-state index contributed by atoms with van der Waals surface area (Å²) in [6, 6.07) is -2.87. The highest BCUT2D eigenvalue weighted by molar-refractivity contribution is 4.67. The lowest BCUT2D eigenvalue weighted by Crippen LogP contribution is -2.41. The fraction of sp³-hybridized carbons (Fsp3) is 1.00. The number of rotatable bonds is 4. The van der Waals surface area contributed by atoms with E-state index < -0.39 is 6.05 Å². The van der Waals surface area contributed by atoms with Crippen LogP contribution in [0.1, 0.15) is 34.1 Å². The van der Waals surface area contributed by atoms with Gasteiger partial charge in [-0.15, -0.1) is 0 Å². The van der Waals surface area contributed by atoms with Crippen molar-refractivity contribution in [1.82, 2.24) is 5.32 Å². The van der Waals surface area contributed by atoms with Gasteiger partial charge in [0.1, 0.15) is 0 Å². The van der Waals surface area contributed by atoms with E-state index in [0.717, 1.165) is 0 Å². The molecule has 3 heteroatoms. The van der Waals surface area contributed by atoms with Gasteiger partial charge >= 0.3 is 6.05 Å². The maximum absolute atomic E-state index is 12.8. The van der Waals surface area contributed by atoms with Crippen molar-refractivity contribution >= 4 is 0 Å². The van der Waals surface area contributed by atoms with Crippen LogP contribution >= 0.6 is 0 Å². The fourth-order valence-electron chi connectivity index (χ4n) is 0.994. The van der Waals surface area contributed by atoms with E-state index in [2.05, 4.69) is 5.32 Å². The van der Waals surface area contributed by atoms with E-state index in [4.69, 9.17) is 0 Å². The molecule has 1 nitrogen and oxygen atoms in total. The molecule has 11 heavy (non-hydrogen) atoms. The maximum Gasteiger partial charge on any atom is 0.302 e. The van der Waals surface area contributed by atoms with Crippen molar-refractivity contribution in [3.63, 3.8) is 0 Å². The zero-order valence-corrected chi connectivity index (χ0v) is 7.62. The molecule has 0 aromatic heterocycles. The van der Waals surface area contributed by atoms with Crippen LogP contribution in [-0.4, -0.2) is 12.1 Å². The molecular weight excluding hydrogens is 148 g/mol. The molecule has 0 fully saturated rings. The third kappa shape index (κ3) is 6.23. The predicted octanol–water partition coefficient (Wildman–Crippen LogP) is 2.62. The lowest BCUT2D eigenvalue weighted by Gasteiger charge is -2.21. The summed E-state index contributed by atoms with van der Waals surface area (Å²) in [6.07, 6.45) is -0.0921. The van der Waals surface area contributed by atoms with Gasteiger partial charge in [-0.1, -0.05) is 13.8 Å². The summed E-state index contributed by atoms with van der Waals surface area (Å²) in [6.45, 7) is 7.01. The Kier molecular flexibility index (Phi) is 3.93. The maximum atomic E-state index is 12.8. The van der Waals surface area contributed by atoms with Gasteiger partial charge in [-0.05, 0) is 19.8 Å². The summed E-state index contributed by atoms with van der Waals surface area (Å²) < 4.78 is 25.6. The average molecular weight is 165 g/mol. The zero-order valence-electron chi connectivity index (χ0n) is 7.62. The van der Waals surface area contributed by atoms with Crippen LogP contribution < -0.4 is 5.32 Å². The van der Waals surface area contributed by atoms with E-state index in [0.29, 0.717) is 0 Å². The second-order valence-corrected chi connectivity index (χ2v) is 3.60. The molecule has 0 bridgehead atoms. The average Bonchev–Trinajstić information content (AvgIpc) is 1.53. The van der Waals surface area contributed by atoms with E-state index in [1.165, 1.54) is 0 Å². The van der Waals surface area contributed by atoms with Crippen LogP contribution in [-0.2, 0) is 0 Å². The summed E-state index contributed by atoms with van der Waals surface area (Å²) in [5.41, 5.74) is 0. The first-order valence-electron chi connectivity index (χ1n) is 3.99.